The van der Waals surface area contributed by atoms with E-state index in [2.05, 4.69) is 12.2 Å². The largest absolute Gasteiger partial charge is 0.378 e. The Kier molecular flexibility index (Phi) is 6.93. The van der Waals surface area contributed by atoms with Gasteiger partial charge < -0.3 is 19.7 Å². The van der Waals surface area contributed by atoms with Crippen molar-refractivity contribution in [1.29, 1.82) is 0 Å². The van der Waals surface area contributed by atoms with Crippen LogP contribution >= 0.6 is 0 Å². The third kappa shape index (κ3) is 5.24. The molecule has 2 aliphatic rings. The maximum absolute atomic E-state index is 11.8. The van der Waals surface area contributed by atoms with Crippen LogP contribution in [0.25, 0.3) is 0 Å². The second-order valence-corrected chi connectivity index (χ2v) is 6.26. The van der Waals surface area contributed by atoms with Crippen molar-refractivity contribution in [2.24, 2.45) is 0 Å². The first-order chi connectivity index (χ1) is 10.2. The summed E-state index contributed by atoms with van der Waals surface area (Å²) in [6, 6.07) is 1.13. The van der Waals surface area contributed by atoms with Crippen molar-refractivity contribution < 1.29 is 14.3 Å². The minimum absolute atomic E-state index is 0.116. The van der Waals surface area contributed by atoms with Crippen molar-refractivity contribution in [3.63, 3.8) is 0 Å². The number of carbonyl (C=O) groups is 1. The van der Waals surface area contributed by atoms with Crippen LogP contribution in [-0.2, 0) is 14.3 Å². The first-order valence-corrected chi connectivity index (χ1v) is 8.37. The van der Waals surface area contributed by atoms with Crippen LogP contribution in [0.4, 0.5) is 0 Å². The van der Waals surface area contributed by atoms with Gasteiger partial charge in [-0.2, -0.15) is 0 Å². The SMILES string of the molecule is CCCC1CC(NC2CCN(C(=O)COC)CC2)CCO1. The van der Waals surface area contributed by atoms with Gasteiger partial charge in [0.05, 0.1) is 6.10 Å². The number of amides is 1. The van der Waals surface area contributed by atoms with E-state index >= 15 is 0 Å². The molecular weight excluding hydrogens is 268 g/mol. The highest BCUT2D eigenvalue weighted by Gasteiger charge is 2.27. The lowest BCUT2D eigenvalue weighted by atomic mass is 9.97. The molecule has 5 nitrogen and oxygen atoms in total. The second-order valence-electron chi connectivity index (χ2n) is 6.26. The van der Waals surface area contributed by atoms with Crippen LogP contribution in [-0.4, -0.2) is 62.4 Å². The Morgan fingerprint density at radius 1 is 1.29 bits per heavy atom. The van der Waals surface area contributed by atoms with E-state index in [0.717, 1.165) is 45.4 Å². The highest BCUT2D eigenvalue weighted by molar-refractivity contribution is 5.77. The fourth-order valence-corrected chi connectivity index (χ4v) is 3.40. The fraction of sp³-hybridized carbons (Fsp3) is 0.938. The third-order valence-electron chi connectivity index (χ3n) is 4.56. The first kappa shape index (κ1) is 16.7. The summed E-state index contributed by atoms with van der Waals surface area (Å²) in [5, 5.41) is 3.79. The highest BCUT2D eigenvalue weighted by Crippen LogP contribution is 2.20. The molecule has 0 bridgehead atoms. The van der Waals surface area contributed by atoms with E-state index in [0.29, 0.717) is 18.2 Å². The average molecular weight is 298 g/mol. The average Bonchev–Trinajstić information content (AvgIpc) is 2.49. The number of carbonyl (C=O) groups excluding carboxylic acids is 1. The van der Waals surface area contributed by atoms with Crippen molar-refractivity contribution in [2.75, 3.05) is 33.4 Å². The van der Waals surface area contributed by atoms with Crippen molar-refractivity contribution in [1.82, 2.24) is 10.2 Å². The molecule has 1 amide bonds. The van der Waals surface area contributed by atoms with E-state index in [9.17, 15) is 4.79 Å². The molecule has 0 saturated carbocycles. The zero-order valence-corrected chi connectivity index (χ0v) is 13.5. The van der Waals surface area contributed by atoms with Crippen LogP contribution < -0.4 is 5.32 Å². The Hall–Kier alpha value is -0.650. The summed E-state index contributed by atoms with van der Waals surface area (Å²) in [4.78, 5) is 13.7. The number of nitrogens with zero attached hydrogens (tertiary/aromatic N) is 1. The van der Waals surface area contributed by atoms with Crippen LogP contribution in [0.15, 0.2) is 0 Å². The first-order valence-electron chi connectivity index (χ1n) is 8.37. The predicted octanol–water partition coefficient (Wildman–Crippen LogP) is 1.56. The van der Waals surface area contributed by atoms with Gasteiger partial charge in [-0.15, -0.1) is 0 Å². The molecule has 2 rings (SSSR count). The molecule has 2 aliphatic heterocycles. The molecule has 0 radical (unpaired) electrons. The molecule has 2 atom stereocenters. The van der Waals surface area contributed by atoms with Gasteiger partial charge in [0, 0.05) is 38.9 Å². The fourth-order valence-electron chi connectivity index (χ4n) is 3.40. The van der Waals surface area contributed by atoms with Gasteiger partial charge in [-0.25, -0.2) is 0 Å². The van der Waals surface area contributed by atoms with E-state index < -0.39 is 0 Å². The van der Waals surface area contributed by atoms with Gasteiger partial charge in [-0.05, 0) is 32.1 Å². The van der Waals surface area contributed by atoms with Gasteiger partial charge in [0.1, 0.15) is 6.61 Å². The van der Waals surface area contributed by atoms with Crippen LogP contribution in [0.1, 0.15) is 45.4 Å². The number of rotatable bonds is 6. The monoisotopic (exact) mass is 298 g/mol. The van der Waals surface area contributed by atoms with E-state index in [-0.39, 0.29) is 12.5 Å². The minimum Gasteiger partial charge on any atom is -0.378 e. The van der Waals surface area contributed by atoms with Gasteiger partial charge in [-0.1, -0.05) is 13.3 Å². The quantitative estimate of drug-likeness (QED) is 0.808. The molecule has 0 aromatic carbocycles. The highest BCUT2D eigenvalue weighted by atomic mass is 16.5. The Bertz CT molecular complexity index is 315. The molecule has 5 heteroatoms. The lowest BCUT2D eigenvalue weighted by molar-refractivity contribution is -0.136. The standard InChI is InChI=1S/C16H30N2O3/c1-3-4-15-11-14(7-10-21-15)17-13-5-8-18(9-6-13)16(19)12-20-2/h13-15,17H,3-12H2,1-2H3. The molecule has 0 spiro atoms. The van der Waals surface area contributed by atoms with Crippen LogP contribution in [0.3, 0.4) is 0 Å². The number of hydrogen-bond donors (Lipinski definition) is 1. The van der Waals surface area contributed by atoms with Gasteiger partial charge >= 0.3 is 0 Å². The van der Waals surface area contributed by atoms with Gasteiger partial charge in [0.2, 0.25) is 5.91 Å². The van der Waals surface area contributed by atoms with Crippen LogP contribution in [0.5, 0.6) is 0 Å². The van der Waals surface area contributed by atoms with Gasteiger partial charge in [-0.3, -0.25) is 4.79 Å². The zero-order valence-electron chi connectivity index (χ0n) is 13.5. The van der Waals surface area contributed by atoms with Gasteiger partial charge in [0.25, 0.3) is 0 Å². The van der Waals surface area contributed by atoms with Crippen molar-refractivity contribution >= 4 is 5.91 Å². The molecule has 21 heavy (non-hydrogen) atoms. The number of methoxy groups -OCH3 is 1. The summed E-state index contributed by atoms with van der Waals surface area (Å²) in [6.07, 6.45) is 7.14. The maximum atomic E-state index is 11.8. The Labute approximate surface area is 128 Å². The molecular formula is C16H30N2O3. The van der Waals surface area contributed by atoms with E-state index in [1.807, 2.05) is 4.90 Å². The molecule has 122 valence electrons. The normalized spacial score (nSPS) is 27.8. The summed E-state index contributed by atoms with van der Waals surface area (Å²) in [5.41, 5.74) is 0. The summed E-state index contributed by atoms with van der Waals surface area (Å²) in [7, 11) is 1.57. The number of likely N-dealkylation sites (tertiary alicyclic amines) is 1. The Morgan fingerprint density at radius 3 is 2.71 bits per heavy atom. The van der Waals surface area contributed by atoms with E-state index in [1.54, 1.807) is 7.11 Å². The molecule has 0 aromatic rings. The zero-order chi connectivity index (χ0) is 15.1. The topological polar surface area (TPSA) is 50.8 Å². The van der Waals surface area contributed by atoms with Gasteiger partial charge in [0.15, 0.2) is 0 Å². The van der Waals surface area contributed by atoms with Crippen molar-refractivity contribution in [3.8, 4) is 0 Å². The maximum Gasteiger partial charge on any atom is 0.248 e. The Morgan fingerprint density at radius 2 is 2.05 bits per heavy atom. The lowest BCUT2D eigenvalue weighted by Gasteiger charge is -2.37. The van der Waals surface area contributed by atoms with Crippen molar-refractivity contribution in [2.45, 2.75) is 63.6 Å². The molecule has 2 unspecified atom stereocenters. The number of nitrogens with one attached hydrogen (secondary N) is 1. The molecule has 2 saturated heterocycles. The summed E-state index contributed by atoms with van der Waals surface area (Å²) in [5.74, 6) is 0.116. The lowest BCUT2D eigenvalue weighted by Crippen LogP contribution is -2.50. The predicted molar refractivity (Wildman–Crippen MR) is 82.3 cm³/mol. The van der Waals surface area contributed by atoms with Crippen molar-refractivity contribution in [3.05, 3.63) is 0 Å². The molecule has 0 aromatic heterocycles. The molecule has 0 aliphatic carbocycles. The van der Waals surface area contributed by atoms with E-state index in [4.69, 9.17) is 9.47 Å². The molecule has 2 fully saturated rings. The smallest absolute Gasteiger partial charge is 0.248 e. The van der Waals surface area contributed by atoms with Crippen LogP contribution in [0, 0.1) is 0 Å². The second kappa shape index (κ2) is 8.71. The third-order valence-corrected chi connectivity index (χ3v) is 4.56. The summed E-state index contributed by atoms with van der Waals surface area (Å²) < 4.78 is 10.7. The number of piperidine rings is 1. The number of hydrogen-bond acceptors (Lipinski definition) is 4. The Balaban J connectivity index is 1.69. The number of ether oxygens (including phenoxy) is 2. The summed E-state index contributed by atoms with van der Waals surface area (Å²) >= 11 is 0. The van der Waals surface area contributed by atoms with E-state index in [1.165, 1.54) is 12.8 Å². The van der Waals surface area contributed by atoms with Crippen LogP contribution in [0.2, 0.25) is 0 Å². The summed E-state index contributed by atoms with van der Waals surface area (Å²) in [6.45, 7) is 5.00. The minimum atomic E-state index is 0.116. The molecule has 1 N–H and O–H groups in total. The molecule has 2 heterocycles.